The molecule has 2 aromatic carbocycles. The minimum absolute atomic E-state index is 0.0580. The van der Waals surface area contributed by atoms with Crippen LogP contribution in [0.5, 0.6) is 11.5 Å². The molecule has 3 rings (SSSR count). The Morgan fingerprint density at radius 2 is 1.88 bits per heavy atom. The fraction of sp³-hybridized carbons (Fsp3) is 0.250. The van der Waals surface area contributed by atoms with Crippen molar-refractivity contribution in [3.63, 3.8) is 0 Å². The number of fused-ring (bicyclic) bond motifs is 1. The van der Waals surface area contributed by atoms with Crippen LogP contribution in [0.4, 0.5) is 5.82 Å². The summed E-state index contributed by atoms with van der Waals surface area (Å²) in [5.74, 6) is 2.08. The normalized spacial score (nSPS) is 12.1. The van der Waals surface area contributed by atoms with Crippen LogP contribution in [0.1, 0.15) is 19.8 Å². The predicted octanol–water partition coefficient (Wildman–Crippen LogP) is 5.10. The van der Waals surface area contributed by atoms with E-state index in [0.717, 1.165) is 35.2 Å². The summed E-state index contributed by atoms with van der Waals surface area (Å²) in [4.78, 5) is 4.39. The van der Waals surface area contributed by atoms with Crippen molar-refractivity contribution in [1.29, 1.82) is 0 Å². The van der Waals surface area contributed by atoms with E-state index in [1.807, 2.05) is 55.5 Å². The molecule has 0 saturated carbocycles. The summed E-state index contributed by atoms with van der Waals surface area (Å²) in [7, 11) is 0. The number of hydrogen-bond acceptors (Lipinski definition) is 4. The molecular weight excluding hydrogens is 336 g/mol. The number of pyridine rings is 1. The summed E-state index contributed by atoms with van der Waals surface area (Å²) in [5, 5.41) is 1.73. The first-order chi connectivity index (χ1) is 12.1. The monoisotopic (exact) mass is 356 g/mol. The Morgan fingerprint density at radius 3 is 2.68 bits per heavy atom. The van der Waals surface area contributed by atoms with Gasteiger partial charge in [0.05, 0.1) is 12.7 Å². The van der Waals surface area contributed by atoms with Gasteiger partial charge >= 0.3 is 0 Å². The number of nitrogens with two attached hydrogens (primary N) is 1. The number of benzene rings is 2. The minimum atomic E-state index is 0.0580. The average molecular weight is 357 g/mol. The lowest BCUT2D eigenvalue weighted by atomic mass is 10.2. The number of hydrogen-bond donors (Lipinski definition) is 1. The molecule has 0 aliphatic rings. The van der Waals surface area contributed by atoms with Crippen LogP contribution in [0.3, 0.4) is 0 Å². The van der Waals surface area contributed by atoms with Gasteiger partial charge in [0.1, 0.15) is 22.8 Å². The van der Waals surface area contributed by atoms with Crippen molar-refractivity contribution in [1.82, 2.24) is 4.98 Å². The zero-order valence-corrected chi connectivity index (χ0v) is 14.9. The Bertz CT molecular complexity index is 837. The molecule has 0 fully saturated rings. The number of nitrogen functional groups attached to an aromatic ring is 1. The van der Waals surface area contributed by atoms with E-state index in [4.69, 9.17) is 26.8 Å². The molecule has 0 spiro atoms. The van der Waals surface area contributed by atoms with Gasteiger partial charge in [0.15, 0.2) is 0 Å². The number of anilines is 1. The zero-order chi connectivity index (χ0) is 17.6. The van der Waals surface area contributed by atoms with Crippen molar-refractivity contribution >= 4 is 28.3 Å². The summed E-state index contributed by atoms with van der Waals surface area (Å²) in [5.41, 5.74) is 6.59. The second kappa shape index (κ2) is 8.08. The van der Waals surface area contributed by atoms with E-state index < -0.39 is 0 Å². The van der Waals surface area contributed by atoms with Crippen molar-refractivity contribution in [2.45, 2.75) is 25.9 Å². The average Bonchev–Trinajstić information content (AvgIpc) is 2.61. The van der Waals surface area contributed by atoms with Crippen molar-refractivity contribution in [2.24, 2.45) is 0 Å². The lowest BCUT2D eigenvalue weighted by Gasteiger charge is -2.16. The molecule has 5 heteroatoms. The standard InChI is InChI=1S/C20H21ClN2O2/c1-14(4-3-13-24-17-10-8-16(21)9-11-17)25-18-6-2-5-15-7-12-19(22)23-20(15)18/h2,5-12,14H,3-4,13H2,1H3,(H2,22,23). The molecule has 1 atom stereocenters. The number of aromatic nitrogens is 1. The Balaban J connectivity index is 1.52. The molecule has 0 radical (unpaired) electrons. The Hall–Kier alpha value is -2.46. The largest absolute Gasteiger partial charge is 0.494 e. The highest BCUT2D eigenvalue weighted by Gasteiger charge is 2.09. The molecule has 3 aromatic rings. The molecule has 0 aliphatic carbocycles. The van der Waals surface area contributed by atoms with E-state index in [0.29, 0.717) is 17.4 Å². The molecule has 1 heterocycles. The Labute approximate surface area is 152 Å². The molecule has 0 aliphatic heterocycles. The molecule has 1 unspecified atom stereocenters. The molecule has 0 saturated heterocycles. The summed E-state index contributed by atoms with van der Waals surface area (Å²) < 4.78 is 11.8. The molecule has 130 valence electrons. The van der Waals surface area contributed by atoms with Crippen molar-refractivity contribution < 1.29 is 9.47 Å². The predicted molar refractivity (Wildman–Crippen MR) is 102 cm³/mol. The fourth-order valence-electron chi connectivity index (χ4n) is 2.60. The van der Waals surface area contributed by atoms with Gasteiger partial charge in [-0.2, -0.15) is 0 Å². The number of para-hydroxylation sites is 1. The lowest BCUT2D eigenvalue weighted by Crippen LogP contribution is -2.13. The van der Waals surface area contributed by atoms with Crippen molar-refractivity contribution in [3.8, 4) is 11.5 Å². The van der Waals surface area contributed by atoms with Crippen LogP contribution in [0.25, 0.3) is 10.9 Å². The van der Waals surface area contributed by atoms with Crippen LogP contribution >= 0.6 is 11.6 Å². The number of halogens is 1. The van der Waals surface area contributed by atoms with E-state index in [9.17, 15) is 0 Å². The van der Waals surface area contributed by atoms with Gasteiger partial charge in [-0.1, -0.05) is 23.7 Å². The Morgan fingerprint density at radius 1 is 1.08 bits per heavy atom. The second-order valence-electron chi connectivity index (χ2n) is 5.94. The number of nitrogens with zero attached hydrogens (tertiary/aromatic N) is 1. The third kappa shape index (κ3) is 4.77. The first-order valence-electron chi connectivity index (χ1n) is 8.32. The lowest BCUT2D eigenvalue weighted by molar-refractivity contribution is 0.195. The van der Waals surface area contributed by atoms with Crippen LogP contribution < -0.4 is 15.2 Å². The highest BCUT2D eigenvalue weighted by Crippen LogP contribution is 2.26. The summed E-state index contributed by atoms with van der Waals surface area (Å²) in [6.45, 7) is 2.68. The SMILES string of the molecule is CC(CCCOc1ccc(Cl)cc1)Oc1cccc2ccc(N)nc12. The topological polar surface area (TPSA) is 57.4 Å². The second-order valence-corrected chi connectivity index (χ2v) is 6.37. The van der Waals surface area contributed by atoms with E-state index in [-0.39, 0.29) is 6.10 Å². The smallest absolute Gasteiger partial charge is 0.146 e. The van der Waals surface area contributed by atoms with Gasteiger partial charge in [-0.25, -0.2) is 4.98 Å². The number of ether oxygens (including phenoxy) is 2. The maximum absolute atomic E-state index is 6.06. The maximum atomic E-state index is 6.06. The quantitative estimate of drug-likeness (QED) is 0.598. The van der Waals surface area contributed by atoms with Crippen LogP contribution in [-0.4, -0.2) is 17.7 Å². The van der Waals surface area contributed by atoms with Crippen molar-refractivity contribution in [2.75, 3.05) is 12.3 Å². The van der Waals surface area contributed by atoms with Gasteiger partial charge in [0.25, 0.3) is 0 Å². The van der Waals surface area contributed by atoms with E-state index in [1.165, 1.54) is 0 Å². The molecule has 1 aromatic heterocycles. The summed E-state index contributed by atoms with van der Waals surface area (Å²) in [6.07, 6.45) is 1.83. The van der Waals surface area contributed by atoms with Crippen LogP contribution in [0.2, 0.25) is 5.02 Å². The molecule has 25 heavy (non-hydrogen) atoms. The van der Waals surface area contributed by atoms with E-state index in [1.54, 1.807) is 6.07 Å². The van der Waals surface area contributed by atoms with Gasteiger partial charge in [-0.05, 0) is 62.2 Å². The summed E-state index contributed by atoms with van der Waals surface area (Å²) in [6, 6.07) is 17.0. The minimum Gasteiger partial charge on any atom is -0.494 e. The highest BCUT2D eigenvalue weighted by molar-refractivity contribution is 6.30. The van der Waals surface area contributed by atoms with Crippen LogP contribution in [-0.2, 0) is 0 Å². The molecule has 2 N–H and O–H groups in total. The van der Waals surface area contributed by atoms with Gasteiger partial charge in [0, 0.05) is 10.4 Å². The number of rotatable bonds is 7. The first kappa shape index (κ1) is 17.4. The van der Waals surface area contributed by atoms with Crippen LogP contribution in [0, 0.1) is 0 Å². The molecule has 0 bridgehead atoms. The molecule has 0 amide bonds. The molecule has 4 nitrogen and oxygen atoms in total. The third-order valence-electron chi connectivity index (χ3n) is 3.87. The van der Waals surface area contributed by atoms with Gasteiger partial charge in [-0.3, -0.25) is 0 Å². The van der Waals surface area contributed by atoms with Gasteiger partial charge in [-0.15, -0.1) is 0 Å². The first-order valence-corrected chi connectivity index (χ1v) is 8.70. The Kier molecular flexibility index (Phi) is 5.61. The zero-order valence-electron chi connectivity index (χ0n) is 14.1. The van der Waals surface area contributed by atoms with E-state index in [2.05, 4.69) is 4.98 Å². The van der Waals surface area contributed by atoms with Gasteiger partial charge < -0.3 is 15.2 Å². The summed E-state index contributed by atoms with van der Waals surface area (Å²) >= 11 is 5.86. The third-order valence-corrected chi connectivity index (χ3v) is 4.12. The van der Waals surface area contributed by atoms with Crippen LogP contribution in [0.15, 0.2) is 54.6 Å². The highest BCUT2D eigenvalue weighted by atomic mass is 35.5. The van der Waals surface area contributed by atoms with Gasteiger partial charge in [0.2, 0.25) is 0 Å². The fourth-order valence-corrected chi connectivity index (χ4v) is 2.72. The maximum Gasteiger partial charge on any atom is 0.146 e. The van der Waals surface area contributed by atoms with E-state index >= 15 is 0 Å². The van der Waals surface area contributed by atoms with Crippen molar-refractivity contribution in [3.05, 3.63) is 59.6 Å². The molecular formula is C20H21ClN2O2.